The first-order valence-corrected chi connectivity index (χ1v) is 7.24. The van der Waals surface area contributed by atoms with E-state index in [1.807, 2.05) is 6.92 Å². The molecule has 0 radical (unpaired) electrons. The number of aliphatic hydroxyl groups excluding tert-OH is 1. The molecular formula is C10H15N3O5S. The van der Waals surface area contributed by atoms with Crippen LogP contribution in [0.5, 0.6) is 0 Å². The Morgan fingerprint density at radius 1 is 1.58 bits per heavy atom. The molecule has 106 valence electrons. The SMILES string of the molecule is CCn1cnc(S(=O)(=O)N2C[C@@H](O)C[C@H]2C(=O)O)c1. The van der Waals surface area contributed by atoms with Crippen molar-refractivity contribution in [2.45, 2.75) is 37.1 Å². The second kappa shape index (κ2) is 4.91. The van der Waals surface area contributed by atoms with Gasteiger partial charge >= 0.3 is 5.97 Å². The van der Waals surface area contributed by atoms with Crippen LogP contribution in [0.4, 0.5) is 0 Å². The Labute approximate surface area is 110 Å². The number of imidazole rings is 1. The Kier molecular flexibility index (Phi) is 3.61. The van der Waals surface area contributed by atoms with Crippen LogP contribution < -0.4 is 0 Å². The highest BCUT2D eigenvalue weighted by Crippen LogP contribution is 2.25. The molecule has 2 atom stereocenters. The minimum atomic E-state index is -3.99. The lowest BCUT2D eigenvalue weighted by Gasteiger charge is -2.19. The Morgan fingerprint density at radius 2 is 2.26 bits per heavy atom. The number of aliphatic hydroxyl groups is 1. The Balaban J connectivity index is 2.35. The second-order valence-corrected chi connectivity index (χ2v) is 6.20. The summed E-state index contributed by atoms with van der Waals surface area (Å²) in [6.45, 7) is 2.17. The number of aliphatic carboxylic acids is 1. The number of aryl methyl sites for hydroxylation is 1. The highest BCUT2D eigenvalue weighted by molar-refractivity contribution is 7.89. The van der Waals surface area contributed by atoms with Crippen molar-refractivity contribution in [3.8, 4) is 0 Å². The van der Waals surface area contributed by atoms with Gasteiger partial charge in [0.1, 0.15) is 6.04 Å². The van der Waals surface area contributed by atoms with Gasteiger partial charge in [-0.2, -0.15) is 4.31 Å². The largest absolute Gasteiger partial charge is 0.480 e. The molecule has 1 fully saturated rings. The van der Waals surface area contributed by atoms with Crippen LogP contribution >= 0.6 is 0 Å². The van der Waals surface area contributed by atoms with Crippen LogP contribution in [0.1, 0.15) is 13.3 Å². The van der Waals surface area contributed by atoms with Crippen LogP contribution in [-0.2, 0) is 21.4 Å². The third-order valence-electron chi connectivity index (χ3n) is 3.07. The summed E-state index contributed by atoms with van der Waals surface area (Å²) in [6.07, 6.45) is 1.64. The second-order valence-electron chi connectivity index (χ2n) is 4.36. The molecule has 19 heavy (non-hydrogen) atoms. The van der Waals surface area contributed by atoms with E-state index >= 15 is 0 Å². The maximum atomic E-state index is 12.3. The average molecular weight is 289 g/mol. The number of carboxylic acids is 1. The minimum Gasteiger partial charge on any atom is -0.480 e. The number of hydrogen-bond donors (Lipinski definition) is 2. The molecule has 1 aromatic heterocycles. The van der Waals surface area contributed by atoms with Crippen LogP contribution in [0.2, 0.25) is 0 Å². The molecule has 0 amide bonds. The van der Waals surface area contributed by atoms with Crippen molar-refractivity contribution >= 4 is 16.0 Å². The molecule has 2 rings (SSSR count). The third kappa shape index (κ3) is 2.48. The molecular weight excluding hydrogens is 274 g/mol. The highest BCUT2D eigenvalue weighted by Gasteiger charge is 2.44. The summed E-state index contributed by atoms with van der Waals surface area (Å²) in [5, 5.41) is 18.3. The zero-order chi connectivity index (χ0) is 14.2. The molecule has 1 aliphatic heterocycles. The Hall–Kier alpha value is -1.45. The van der Waals surface area contributed by atoms with Gasteiger partial charge in [-0.1, -0.05) is 0 Å². The molecule has 0 saturated carbocycles. The molecule has 1 aliphatic rings. The molecule has 0 unspecified atom stereocenters. The quantitative estimate of drug-likeness (QED) is 0.743. The first-order chi connectivity index (χ1) is 8.86. The van der Waals surface area contributed by atoms with E-state index in [-0.39, 0.29) is 18.0 Å². The third-order valence-corrected chi connectivity index (χ3v) is 4.83. The maximum absolute atomic E-state index is 12.3. The Morgan fingerprint density at radius 3 is 2.79 bits per heavy atom. The fraction of sp³-hybridized carbons (Fsp3) is 0.600. The van der Waals surface area contributed by atoms with Gasteiger partial charge in [0.05, 0.1) is 12.4 Å². The molecule has 1 saturated heterocycles. The minimum absolute atomic E-state index is 0.108. The van der Waals surface area contributed by atoms with Gasteiger partial charge in [-0.3, -0.25) is 4.79 Å². The zero-order valence-corrected chi connectivity index (χ0v) is 11.1. The number of aromatic nitrogens is 2. The van der Waals surface area contributed by atoms with Gasteiger partial charge in [0.15, 0.2) is 5.03 Å². The summed E-state index contributed by atoms with van der Waals surface area (Å²) in [5.74, 6) is -1.27. The number of sulfonamides is 1. The normalized spacial score (nSPS) is 24.7. The van der Waals surface area contributed by atoms with Crippen molar-refractivity contribution in [1.29, 1.82) is 0 Å². The van der Waals surface area contributed by atoms with E-state index in [4.69, 9.17) is 5.11 Å². The van der Waals surface area contributed by atoms with Crippen LogP contribution in [0, 0.1) is 0 Å². The number of hydrogen-bond acceptors (Lipinski definition) is 5. The number of β-amino-alcohol motifs (C(OH)–C–C–N with tert-alkyl or cyclic N) is 1. The molecule has 1 aromatic rings. The standard InChI is InChI=1S/C10H15N3O5S/c1-2-12-5-9(11-6-12)19(17,18)13-4-7(14)3-8(13)10(15)16/h5-8,14H,2-4H2,1H3,(H,15,16)/t7-,8-/m0/s1. The van der Waals surface area contributed by atoms with E-state index in [2.05, 4.69) is 4.98 Å². The summed E-state index contributed by atoms with van der Waals surface area (Å²) in [6, 6.07) is -1.24. The van der Waals surface area contributed by atoms with Gasteiger partial charge < -0.3 is 14.8 Å². The summed E-state index contributed by atoms with van der Waals surface area (Å²) in [7, 11) is -3.99. The van der Waals surface area contributed by atoms with Gasteiger partial charge in [-0.15, -0.1) is 0 Å². The maximum Gasteiger partial charge on any atom is 0.322 e. The summed E-state index contributed by atoms with van der Waals surface area (Å²) in [5.41, 5.74) is 0. The van der Waals surface area contributed by atoms with Crippen LogP contribution in [0.25, 0.3) is 0 Å². The molecule has 2 N–H and O–H groups in total. The fourth-order valence-electron chi connectivity index (χ4n) is 2.04. The van der Waals surface area contributed by atoms with Crippen LogP contribution in [0.15, 0.2) is 17.6 Å². The first kappa shape index (κ1) is 14.0. The van der Waals surface area contributed by atoms with E-state index in [1.165, 1.54) is 12.5 Å². The summed E-state index contributed by atoms with van der Waals surface area (Å²) >= 11 is 0. The first-order valence-electron chi connectivity index (χ1n) is 5.80. The van der Waals surface area contributed by atoms with E-state index < -0.39 is 28.1 Å². The van der Waals surface area contributed by atoms with Crippen LogP contribution in [-0.4, -0.2) is 57.1 Å². The van der Waals surface area contributed by atoms with Gasteiger partial charge in [0.2, 0.25) is 0 Å². The van der Waals surface area contributed by atoms with E-state index in [9.17, 15) is 18.3 Å². The smallest absolute Gasteiger partial charge is 0.322 e. The fourth-order valence-corrected chi connectivity index (χ4v) is 3.61. The number of nitrogens with zero attached hydrogens (tertiary/aromatic N) is 3. The average Bonchev–Trinajstić information content (AvgIpc) is 2.94. The Bertz CT molecular complexity index is 582. The molecule has 0 aliphatic carbocycles. The van der Waals surface area contributed by atoms with E-state index in [1.54, 1.807) is 4.57 Å². The molecule has 2 heterocycles. The number of carbonyl (C=O) groups is 1. The molecule has 9 heteroatoms. The summed E-state index contributed by atoms with van der Waals surface area (Å²) in [4.78, 5) is 14.8. The molecule has 0 spiro atoms. The molecule has 0 aromatic carbocycles. The van der Waals surface area contributed by atoms with E-state index in [0.29, 0.717) is 6.54 Å². The lowest BCUT2D eigenvalue weighted by atomic mass is 10.2. The van der Waals surface area contributed by atoms with Gasteiger partial charge in [0.25, 0.3) is 10.0 Å². The van der Waals surface area contributed by atoms with Crippen molar-refractivity contribution in [3.63, 3.8) is 0 Å². The predicted molar refractivity (Wildman–Crippen MR) is 63.8 cm³/mol. The lowest BCUT2D eigenvalue weighted by Crippen LogP contribution is -2.40. The lowest BCUT2D eigenvalue weighted by molar-refractivity contribution is -0.140. The topological polar surface area (TPSA) is 113 Å². The van der Waals surface area contributed by atoms with Crippen LogP contribution in [0.3, 0.4) is 0 Å². The van der Waals surface area contributed by atoms with Crippen molar-refractivity contribution in [1.82, 2.24) is 13.9 Å². The van der Waals surface area contributed by atoms with Crippen molar-refractivity contribution in [2.24, 2.45) is 0 Å². The monoisotopic (exact) mass is 289 g/mol. The number of carboxylic acid groups (broad SMARTS) is 1. The van der Waals surface area contributed by atoms with Crippen molar-refractivity contribution in [2.75, 3.05) is 6.54 Å². The predicted octanol–water partition coefficient (Wildman–Crippen LogP) is -0.888. The molecule has 8 nitrogen and oxygen atoms in total. The highest BCUT2D eigenvalue weighted by atomic mass is 32.2. The van der Waals surface area contributed by atoms with E-state index in [0.717, 1.165) is 4.31 Å². The van der Waals surface area contributed by atoms with Crippen molar-refractivity contribution in [3.05, 3.63) is 12.5 Å². The van der Waals surface area contributed by atoms with Gasteiger partial charge in [0, 0.05) is 25.7 Å². The van der Waals surface area contributed by atoms with Gasteiger partial charge in [-0.05, 0) is 6.92 Å². The summed E-state index contributed by atoms with van der Waals surface area (Å²) < 4.78 is 27.0. The van der Waals surface area contributed by atoms with Gasteiger partial charge in [-0.25, -0.2) is 13.4 Å². The zero-order valence-electron chi connectivity index (χ0n) is 10.3. The molecule has 0 bridgehead atoms. The number of rotatable bonds is 4. The van der Waals surface area contributed by atoms with Crippen molar-refractivity contribution < 1.29 is 23.4 Å².